The molecule has 242 valence electrons. The highest BCUT2D eigenvalue weighted by molar-refractivity contribution is 5.88. The molecule has 0 fully saturated rings. The van der Waals surface area contributed by atoms with Gasteiger partial charge in [0.1, 0.15) is 0 Å². The number of anilines is 2. The number of nitrogens with zero attached hydrogens (tertiary/aromatic N) is 2. The zero-order valence-corrected chi connectivity index (χ0v) is 28.2. The summed E-state index contributed by atoms with van der Waals surface area (Å²) in [6.07, 6.45) is 41.2. The van der Waals surface area contributed by atoms with E-state index in [2.05, 4.69) is 168 Å². The summed E-state index contributed by atoms with van der Waals surface area (Å²) in [5, 5.41) is 0. The molecule has 0 radical (unpaired) electrons. The zero-order chi connectivity index (χ0) is 32.6. The van der Waals surface area contributed by atoms with Gasteiger partial charge in [0.25, 0.3) is 0 Å². The Morgan fingerprint density at radius 1 is 0.612 bits per heavy atom. The van der Waals surface area contributed by atoms with Crippen LogP contribution in [0.4, 0.5) is 11.4 Å². The molecule has 3 aromatic carbocycles. The highest BCUT2D eigenvalue weighted by Crippen LogP contribution is 2.52. The van der Waals surface area contributed by atoms with Crippen molar-refractivity contribution in [2.75, 3.05) is 9.80 Å². The molecule has 0 spiro atoms. The van der Waals surface area contributed by atoms with Crippen LogP contribution >= 0.6 is 0 Å². The van der Waals surface area contributed by atoms with Crippen LogP contribution < -0.4 is 9.80 Å². The third-order valence-electron chi connectivity index (χ3n) is 11.3. The van der Waals surface area contributed by atoms with Crippen molar-refractivity contribution in [1.29, 1.82) is 0 Å². The molecule has 0 saturated heterocycles. The average molecular weight is 637 g/mol. The van der Waals surface area contributed by atoms with Gasteiger partial charge in [-0.2, -0.15) is 0 Å². The minimum atomic E-state index is 0.272. The van der Waals surface area contributed by atoms with E-state index in [4.69, 9.17) is 0 Å². The molecule has 3 aromatic rings. The first-order valence-corrected chi connectivity index (χ1v) is 18.4. The lowest BCUT2D eigenvalue weighted by atomic mass is 9.85. The van der Waals surface area contributed by atoms with Crippen molar-refractivity contribution in [2.24, 2.45) is 5.92 Å². The molecule has 2 heterocycles. The first kappa shape index (κ1) is 30.0. The van der Waals surface area contributed by atoms with Crippen LogP contribution in [0.5, 0.6) is 0 Å². The van der Waals surface area contributed by atoms with Crippen molar-refractivity contribution < 1.29 is 0 Å². The van der Waals surface area contributed by atoms with Gasteiger partial charge in [-0.1, -0.05) is 127 Å². The molecule has 2 heteroatoms. The predicted octanol–water partition coefficient (Wildman–Crippen LogP) is 11.8. The van der Waals surface area contributed by atoms with Gasteiger partial charge >= 0.3 is 0 Å². The minimum absolute atomic E-state index is 0.272. The normalized spacial score (nSPS) is 27.1. The van der Waals surface area contributed by atoms with Crippen LogP contribution in [0, 0.1) is 5.92 Å². The molecule has 0 aromatic heterocycles. The standard InChI is InChI=1S/C47H44N2/c1-3-13-34(14-4-1)36-27-29-40(30-28-36)48-32-31-37(25-26-38-17-7-9-23-45(38)48)42-21-12-22-44-43-20-8-10-24-46(43)49(47(42)44)41-19-11-18-39(33-41)35-15-5-2-6-16-35/h1,3-5,7,9-10,12-18,21-25,27-33,38,43,45-46H,2,6,8,11,19-20,26H2/b32-31-,37-25+. The molecule has 4 atom stereocenters. The van der Waals surface area contributed by atoms with E-state index in [1.165, 1.54) is 62.5 Å². The second-order valence-electron chi connectivity index (χ2n) is 14.1. The van der Waals surface area contributed by atoms with Crippen molar-refractivity contribution in [1.82, 2.24) is 0 Å². The average Bonchev–Trinajstić information content (AvgIpc) is 3.51. The monoisotopic (exact) mass is 636 g/mol. The second kappa shape index (κ2) is 13.1. The zero-order valence-electron chi connectivity index (χ0n) is 28.2. The summed E-state index contributed by atoms with van der Waals surface area (Å²) in [6.45, 7) is 0. The van der Waals surface area contributed by atoms with E-state index in [-0.39, 0.29) is 6.04 Å². The number of hydrogen-bond donors (Lipinski definition) is 0. The van der Waals surface area contributed by atoms with Crippen LogP contribution in [-0.2, 0) is 0 Å². The van der Waals surface area contributed by atoms with Crippen molar-refractivity contribution in [2.45, 2.75) is 62.9 Å². The van der Waals surface area contributed by atoms with Gasteiger partial charge in [-0.25, -0.2) is 0 Å². The third-order valence-corrected chi connectivity index (χ3v) is 11.3. The quantitative estimate of drug-likeness (QED) is 0.257. The smallest absolute Gasteiger partial charge is 0.0588 e. The van der Waals surface area contributed by atoms with E-state index in [1.807, 2.05) is 0 Å². The van der Waals surface area contributed by atoms with Crippen LogP contribution in [0.2, 0.25) is 0 Å². The fourth-order valence-corrected chi connectivity index (χ4v) is 8.84. The lowest BCUT2D eigenvalue weighted by Gasteiger charge is -2.36. The van der Waals surface area contributed by atoms with E-state index in [9.17, 15) is 0 Å². The summed E-state index contributed by atoms with van der Waals surface area (Å²) in [7, 11) is 0. The Balaban J connectivity index is 1.11. The van der Waals surface area contributed by atoms with E-state index < -0.39 is 0 Å². The molecule has 49 heavy (non-hydrogen) atoms. The molecule has 0 bridgehead atoms. The van der Waals surface area contributed by atoms with Crippen molar-refractivity contribution in [3.63, 3.8) is 0 Å². The molecule has 2 aliphatic heterocycles. The van der Waals surface area contributed by atoms with Crippen molar-refractivity contribution in [3.8, 4) is 11.1 Å². The summed E-state index contributed by atoms with van der Waals surface area (Å²) in [5.74, 6) is 0.917. The first-order chi connectivity index (χ1) is 24.3. The van der Waals surface area contributed by atoms with E-state index >= 15 is 0 Å². The van der Waals surface area contributed by atoms with Crippen LogP contribution in [0.25, 0.3) is 16.7 Å². The molecule has 0 amide bonds. The summed E-state index contributed by atoms with van der Waals surface area (Å²) in [6, 6.07) is 27.5. The Morgan fingerprint density at radius 3 is 2.35 bits per heavy atom. The predicted molar refractivity (Wildman–Crippen MR) is 207 cm³/mol. The summed E-state index contributed by atoms with van der Waals surface area (Å²) in [5.41, 5.74) is 13.6. The SMILES string of the molecule is C1=CC2C/C=C(c3cccc4c3N(C3=CC(C5=CCCC=C5)=CCC3)C3C=CCCC43)\C=C/N(c3ccc(-c4ccccc4)cc3)C2C=C1. The maximum absolute atomic E-state index is 2.74. The molecule has 0 saturated carbocycles. The molecule has 0 N–H and O–H groups in total. The first-order valence-electron chi connectivity index (χ1n) is 18.4. The second-order valence-corrected chi connectivity index (χ2v) is 14.1. The van der Waals surface area contributed by atoms with Crippen molar-refractivity contribution >= 4 is 16.9 Å². The minimum Gasteiger partial charge on any atom is -0.340 e. The summed E-state index contributed by atoms with van der Waals surface area (Å²) >= 11 is 0. The maximum atomic E-state index is 2.74. The maximum Gasteiger partial charge on any atom is 0.0588 e. The van der Waals surface area contributed by atoms with Crippen LogP contribution in [0.3, 0.4) is 0 Å². The number of fused-ring (bicyclic) bond motifs is 4. The lowest BCUT2D eigenvalue weighted by molar-refractivity contribution is 0.559. The van der Waals surface area contributed by atoms with E-state index in [0.29, 0.717) is 17.9 Å². The van der Waals surface area contributed by atoms with E-state index in [0.717, 1.165) is 38.5 Å². The van der Waals surface area contributed by atoms with Crippen LogP contribution in [-0.4, -0.2) is 12.1 Å². The van der Waals surface area contributed by atoms with Gasteiger partial charge in [-0.05, 0) is 103 Å². The van der Waals surface area contributed by atoms with Crippen LogP contribution in [0.1, 0.15) is 62.0 Å². The van der Waals surface area contributed by atoms with Crippen molar-refractivity contribution in [3.05, 3.63) is 186 Å². The Morgan fingerprint density at radius 2 is 1.47 bits per heavy atom. The number of hydrogen-bond acceptors (Lipinski definition) is 2. The highest BCUT2D eigenvalue weighted by atomic mass is 15.2. The fourth-order valence-electron chi connectivity index (χ4n) is 8.84. The van der Waals surface area contributed by atoms with Gasteiger partial charge in [0.05, 0.1) is 17.8 Å². The molecule has 4 aliphatic carbocycles. The number of allylic oxidation sites excluding steroid dienone is 14. The fraction of sp³-hybridized carbons (Fsp3) is 0.234. The van der Waals surface area contributed by atoms with Gasteiger partial charge in [0, 0.05) is 35.0 Å². The Kier molecular flexibility index (Phi) is 8.02. The highest BCUT2D eigenvalue weighted by Gasteiger charge is 2.41. The molecule has 2 nitrogen and oxygen atoms in total. The molecule has 4 unspecified atom stereocenters. The topological polar surface area (TPSA) is 6.48 Å². The van der Waals surface area contributed by atoms with Gasteiger partial charge in [-0.3, -0.25) is 0 Å². The molecular formula is C47H44N2. The molecule has 6 aliphatic rings. The van der Waals surface area contributed by atoms with E-state index in [1.54, 1.807) is 0 Å². The Bertz CT molecular complexity index is 2010. The van der Waals surface area contributed by atoms with Gasteiger partial charge in [0.15, 0.2) is 0 Å². The largest absolute Gasteiger partial charge is 0.340 e. The number of benzene rings is 3. The van der Waals surface area contributed by atoms with Gasteiger partial charge < -0.3 is 9.80 Å². The molecular weight excluding hydrogens is 593 g/mol. The number of para-hydroxylation sites is 1. The van der Waals surface area contributed by atoms with Gasteiger partial charge in [0.2, 0.25) is 0 Å². The van der Waals surface area contributed by atoms with Gasteiger partial charge in [-0.15, -0.1) is 0 Å². The third kappa shape index (κ3) is 5.64. The number of rotatable bonds is 5. The molecule has 9 rings (SSSR count). The summed E-state index contributed by atoms with van der Waals surface area (Å²) in [4.78, 5) is 5.23. The lowest BCUT2D eigenvalue weighted by Crippen LogP contribution is -2.36. The Labute approximate surface area is 291 Å². The summed E-state index contributed by atoms with van der Waals surface area (Å²) < 4.78 is 0. The Hall–Kier alpha value is -5.08. The van der Waals surface area contributed by atoms with Crippen LogP contribution in [0.15, 0.2) is 175 Å².